The molecule has 0 aliphatic rings. The molecule has 9 heteroatoms. The summed E-state index contributed by atoms with van der Waals surface area (Å²) >= 11 is 3.34. The number of hydrazone groups is 1. The third-order valence-corrected chi connectivity index (χ3v) is 5.39. The van der Waals surface area contributed by atoms with Crippen molar-refractivity contribution in [3.63, 3.8) is 0 Å². The number of halogens is 1. The minimum absolute atomic E-state index is 0.189. The maximum Gasteiger partial charge on any atom is 0.280 e. The summed E-state index contributed by atoms with van der Waals surface area (Å²) in [6.45, 7) is 5.83. The summed E-state index contributed by atoms with van der Waals surface area (Å²) in [5.74, 6) is 0.189. The fourth-order valence-corrected chi connectivity index (χ4v) is 3.44. The van der Waals surface area contributed by atoms with Crippen molar-refractivity contribution in [2.24, 2.45) is 5.10 Å². The first-order valence-electron chi connectivity index (χ1n) is 9.21. The van der Waals surface area contributed by atoms with Crippen LogP contribution in [0.15, 0.2) is 55.6 Å². The van der Waals surface area contributed by atoms with Gasteiger partial charge in [-0.1, -0.05) is 22.0 Å². The lowest BCUT2D eigenvalue weighted by atomic mass is 10.1. The van der Waals surface area contributed by atoms with Crippen LogP contribution in [0.5, 0.6) is 0 Å². The van der Waals surface area contributed by atoms with E-state index in [0.29, 0.717) is 22.2 Å². The summed E-state index contributed by atoms with van der Waals surface area (Å²) < 4.78 is 2.28. The van der Waals surface area contributed by atoms with E-state index in [9.17, 15) is 9.59 Å². The maximum atomic E-state index is 12.8. The Hall–Kier alpha value is -3.46. The Kier molecular flexibility index (Phi) is 5.13. The van der Waals surface area contributed by atoms with Crippen molar-refractivity contribution >= 4 is 39.0 Å². The van der Waals surface area contributed by atoms with Crippen LogP contribution in [0.1, 0.15) is 22.4 Å². The highest BCUT2D eigenvalue weighted by Gasteiger charge is 2.11. The Morgan fingerprint density at radius 2 is 1.90 bits per heavy atom. The number of H-pyrrole nitrogens is 2. The van der Waals surface area contributed by atoms with E-state index >= 15 is 0 Å². The highest BCUT2D eigenvalue weighted by atomic mass is 79.9. The largest absolute Gasteiger partial charge is 0.295 e. The SMILES string of the molecule is Cc1ccc(-n2[nH]c(C)c(C=NNc3nc4ccc(Br)cc4c(=O)[nH]3)c2=O)cc1C. The van der Waals surface area contributed by atoms with Gasteiger partial charge in [0.15, 0.2) is 0 Å². The summed E-state index contributed by atoms with van der Waals surface area (Å²) in [5.41, 5.74) is 6.82. The lowest BCUT2D eigenvalue weighted by Gasteiger charge is -2.05. The third kappa shape index (κ3) is 3.71. The van der Waals surface area contributed by atoms with Crippen molar-refractivity contribution in [1.29, 1.82) is 0 Å². The van der Waals surface area contributed by atoms with Gasteiger partial charge in [0.2, 0.25) is 5.95 Å². The summed E-state index contributed by atoms with van der Waals surface area (Å²) in [5, 5.41) is 7.63. The number of nitrogens with one attached hydrogen (secondary N) is 3. The van der Waals surface area contributed by atoms with Crippen LogP contribution < -0.4 is 16.5 Å². The van der Waals surface area contributed by atoms with Gasteiger partial charge in [0.25, 0.3) is 11.1 Å². The molecule has 0 amide bonds. The summed E-state index contributed by atoms with van der Waals surface area (Å²) in [4.78, 5) is 32.0. The lowest BCUT2D eigenvalue weighted by Crippen LogP contribution is -2.17. The second kappa shape index (κ2) is 7.75. The van der Waals surface area contributed by atoms with Crippen molar-refractivity contribution in [2.45, 2.75) is 20.8 Å². The number of aryl methyl sites for hydroxylation is 3. The molecule has 0 spiro atoms. The molecule has 152 valence electrons. The molecule has 0 saturated carbocycles. The molecule has 8 nitrogen and oxygen atoms in total. The molecule has 30 heavy (non-hydrogen) atoms. The Balaban J connectivity index is 1.62. The summed E-state index contributed by atoms with van der Waals surface area (Å²) in [6, 6.07) is 11.1. The van der Waals surface area contributed by atoms with E-state index < -0.39 is 0 Å². The molecule has 3 N–H and O–H groups in total. The molecule has 0 aliphatic carbocycles. The summed E-state index contributed by atoms with van der Waals surface area (Å²) in [6.07, 6.45) is 1.41. The number of hydrogen-bond donors (Lipinski definition) is 3. The molecular formula is C21H19BrN6O2. The first-order chi connectivity index (χ1) is 14.3. The lowest BCUT2D eigenvalue weighted by molar-refractivity contribution is 0.833. The first-order valence-corrected chi connectivity index (χ1v) is 10.0. The predicted octanol–water partition coefficient (Wildman–Crippen LogP) is 3.54. The zero-order valence-corrected chi connectivity index (χ0v) is 18.2. The van der Waals surface area contributed by atoms with E-state index in [2.05, 4.69) is 41.5 Å². The predicted molar refractivity (Wildman–Crippen MR) is 122 cm³/mol. The Morgan fingerprint density at radius 1 is 1.10 bits per heavy atom. The van der Waals surface area contributed by atoms with Crippen molar-refractivity contribution in [1.82, 2.24) is 19.7 Å². The van der Waals surface area contributed by atoms with E-state index in [1.165, 1.54) is 10.9 Å². The number of rotatable bonds is 4. The van der Waals surface area contributed by atoms with Crippen molar-refractivity contribution in [3.8, 4) is 5.69 Å². The number of aromatic amines is 2. The van der Waals surface area contributed by atoms with Gasteiger partial charge >= 0.3 is 0 Å². The van der Waals surface area contributed by atoms with Crippen LogP contribution in [-0.2, 0) is 0 Å². The zero-order chi connectivity index (χ0) is 21.4. The van der Waals surface area contributed by atoms with Crippen LogP contribution in [0.25, 0.3) is 16.6 Å². The Morgan fingerprint density at radius 3 is 2.67 bits per heavy atom. The number of hydrogen-bond acceptors (Lipinski definition) is 5. The Labute approximate surface area is 179 Å². The molecule has 4 aromatic rings. The molecule has 2 heterocycles. The molecule has 0 fully saturated rings. The smallest absolute Gasteiger partial charge is 0.280 e. The number of fused-ring (bicyclic) bond motifs is 1. The molecule has 0 aliphatic heterocycles. The van der Waals surface area contributed by atoms with Crippen LogP contribution >= 0.6 is 15.9 Å². The minimum atomic E-state index is -0.283. The van der Waals surface area contributed by atoms with Crippen LogP contribution in [0, 0.1) is 20.8 Å². The maximum absolute atomic E-state index is 12.8. The topological polar surface area (TPSA) is 108 Å². The van der Waals surface area contributed by atoms with E-state index in [1.54, 1.807) is 25.1 Å². The van der Waals surface area contributed by atoms with Gasteiger partial charge in [-0.2, -0.15) is 5.10 Å². The van der Waals surface area contributed by atoms with Gasteiger partial charge in [-0.05, 0) is 62.2 Å². The molecule has 0 atom stereocenters. The van der Waals surface area contributed by atoms with E-state index in [1.807, 2.05) is 32.0 Å². The summed E-state index contributed by atoms with van der Waals surface area (Å²) in [7, 11) is 0. The van der Waals surface area contributed by atoms with Crippen LogP contribution in [0.3, 0.4) is 0 Å². The average Bonchev–Trinajstić information content (AvgIpc) is 2.99. The van der Waals surface area contributed by atoms with Crippen molar-refractivity contribution < 1.29 is 0 Å². The van der Waals surface area contributed by atoms with E-state index in [-0.39, 0.29) is 17.1 Å². The molecule has 0 radical (unpaired) electrons. The molecule has 4 rings (SSSR count). The van der Waals surface area contributed by atoms with Crippen molar-refractivity contribution in [2.75, 3.05) is 5.43 Å². The number of aromatic nitrogens is 4. The van der Waals surface area contributed by atoms with Gasteiger partial charge < -0.3 is 0 Å². The first kappa shape index (κ1) is 19.8. The van der Waals surface area contributed by atoms with Crippen LogP contribution in [0.4, 0.5) is 5.95 Å². The fourth-order valence-electron chi connectivity index (χ4n) is 3.08. The van der Waals surface area contributed by atoms with E-state index in [0.717, 1.165) is 21.3 Å². The van der Waals surface area contributed by atoms with Gasteiger partial charge in [0.05, 0.1) is 28.4 Å². The number of anilines is 1. The monoisotopic (exact) mass is 466 g/mol. The van der Waals surface area contributed by atoms with Gasteiger partial charge in [-0.3, -0.25) is 19.7 Å². The van der Waals surface area contributed by atoms with Crippen LogP contribution in [0.2, 0.25) is 0 Å². The van der Waals surface area contributed by atoms with Gasteiger partial charge in [-0.15, -0.1) is 0 Å². The van der Waals surface area contributed by atoms with Crippen molar-refractivity contribution in [3.05, 3.63) is 84.0 Å². The van der Waals surface area contributed by atoms with E-state index in [4.69, 9.17) is 0 Å². The van der Waals surface area contributed by atoms with Gasteiger partial charge in [0, 0.05) is 10.2 Å². The Bertz CT molecular complexity index is 1410. The third-order valence-electron chi connectivity index (χ3n) is 4.90. The zero-order valence-electron chi connectivity index (χ0n) is 16.6. The average molecular weight is 467 g/mol. The highest BCUT2D eigenvalue weighted by Crippen LogP contribution is 2.16. The molecule has 0 unspecified atom stereocenters. The normalized spacial score (nSPS) is 11.5. The second-order valence-corrected chi connectivity index (χ2v) is 7.92. The molecule has 2 aromatic carbocycles. The van der Waals surface area contributed by atoms with Gasteiger partial charge in [-0.25, -0.2) is 15.1 Å². The molecular weight excluding hydrogens is 448 g/mol. The number of nitrogens with zero attached hydrogens (tertiary/aromatic N) is 3. The highest BCUT2D eigenvalue weighted by molar-refractivity contribution is 9.10. The second-order valence-electron chi connectivity index (χ2n) is 7.01. The standard InChI is InChI=1S/C21H19BrN6O2/c1-11-4-6-15(8-12(11)2)28-20(30)17(13(3)27-28)10-23-26-21-24-18-7-5-14(22)9-16(18)19(29)25-21/h4-10,27H,1-3H3,(H2,24,25,26,29). The molecule has 0 bridgehead atoms. The molecule has 0 saturated heterocycles. The fraction of sp³-hybridized carbons (Fsp3) is 0.143. The molecule has 2 aromatic heterocycles. The number of benzene rings is 2. The quantitative estimate of drug-likeness (QED) is 0.315. The minimum Gasteiger partial charge on any atom is -0.295 e. The van der Waals surface area contributed by atoms with Crippen LogP contribution in [-0.4, -0.2) is 26.0 Å². The van der Waals surface area contributed by atoms with Gasteiger partial charge in [0.1, 0.15) is 0 Å².